The maximum Gasteiger partial charge on any atom is 0.324 e. The molecule has 0 fully saturated rings. The van der Waals surface area contributed by atoms with Gasteiger partial charge in [-0.15, -0.1) is 0 Å². The van der Waals surface area contributed by atoms with Crippen molar-refractivity contribution in [3.8, 4) is 0 Å². The number of oxazole rings is 1. The van der Waals surface area contributed by atoms with Crippen molar-refractivity contribution in [2.24, 2.45) is 0 Å². The molecule has 0 aliphatic heterocycles. The average molecular weight is 470 g/mol. The van der Waals surface area contributed by atoms with Crippen LogP contribution >= 0.6 is 11.3 Å². The van der Waals surface area contributed by atoms with Gasteiger partial charge in [-0.05, 0) is 48.5 Å². The molecule has 0 spiro atoms. The number of sulfonamides is 1. The van der Waals surface area contributed by atoms with Crippen LogP contribution < -0.4 is 10.0 Å². The second-order valence-corrected chi connectivity index (χ2v) is 9.15. The first-order chi connectivity index (χ1) is 15.3. The van der Waals surface area contributed by atoms with Crippen LogP contribution in [0.5, 0.6) is 0 Å². The van der Waals surface area contributed by atoms with E-state index in [1.165, 1.54) is 48.6 Å². The minimum Gasteiger partial charge on any atom is -0.423 e. The van der Waals surface area contributed by atoms with E-state index >= 15 is 0 Å². The molecule has 1 amide bonds. The number of nitrogens with zero attached hydrogens (tertiary/aromatic N) is 2. The molecule has 2 aromatic carbocycles. The zero-order valence-corrected chi connectivity index (χ0v) is 17.7. The number of fused-ring (bicyclic) bond motifs is 1. The van der Waals surface area contributed by atoms with Crippen molar-refractivity contribution in [1.82, 2.24) is 4.98 Å². The van der Waals surface area contributed by atoms with E-state index in [2.05, 4.69) is 15.0 Å². The first-order valence-electron chi connectivity index (χ1n) is 9.02. The highest BCUT2D eigenvalue weighted by molar-refractivity contribution is 7.92. The SMILES string of the molecule is O=C(/C=C/c1ccc([N+](=O)[O-])s1)Nc1ccc(S(=O)(=O)Nc2nc3ccccc3o2)cc1. The average Bonchev–Trinajstić information content (AvgIpc) is 3.39. The van der Waals surface area contributed by atoms with Gasteiger partial charge in [0.1, 0.15) is 5.52 Å². The second-order valence-electron chi connectivity index (χ2n) is 6.37. The molecule has 0 bridgehead atoms. The van der Waals surface area contributed by atoms with Gasteiger partial charge >= 0.3 is 11.0 Å². The number of nitrogens with one attached hydrogen (secondary N) is 2. The molecule has 0 atom stereocenters. The summed E-state index contributed by atoms with van der Waals surface area (Å²) in [6.07, 6.45) is 2.69. The molecule has 4 aromatic rings. The summed E-state index contributed by atoms with van der Waals surface area (Å²) in [5, 5.41) is 13.3. The number of aromatic nitrogens is 1. The summed E-state index contributed by atoms with van der Waals surface area (Å²) in [6.45, 7) is 0. The van der Waals surface area contributed by atoms with E-state index in [-0.39, 0.29) is 15.9 Å². The van der Waals surface area contributed by atoms with Gasteiger partial charge in [-0.25, -0.2) is 13.1 Å². The Balaban J connectivity index is 1.40. The Hall–Kier alpha value is -4.03. The van der Waals surface area contributed by atoms with Gasteiger partial charge in [-0.3, -0.25) is 14.9 Å². The summed E-state index contributed by atoms with van der Waals surface area (Å²) < 4.78 is 32.8. The topological polar surface area (TPSA) is 144 Å². The summed E-state index contributed by atoms with van der Waals surface area (Å²) in [4.78, 5) is 26.8. The third-order valence-corrected chi connectivity index (χ3v) is 6.48. The van der Waals surface area contributed by atoms with Crippen LogP contribution in [0, 0.1) is 10.1 Å². The fourth-order valence-electron chi connectivity index (χ4n) is 2.68. The van der Waals surface area contributed by atoms with Crippen LogP contribution in [0.25, 0.3) is 17.2 Å². The molecule has 32 heavy (non-hydrogen) atoms. The summed E-state index contributed by atoms with van der Waals surface area (Å²) in [5.41, 5.74) is 1.35. The third-order valence-electron chi connectivity index (χ3n) is 4.14. The lowest BCUT2D eigenvalue weighted by Crippen LogP contribution is -2.13. The van der Waals surface area contributed by atoms with Crippen molar-refractivity contribution >= 4 is 61.1 Å². The molecular weight excluding hydrogens is 456 g/mol. The van der Waals surface area contributed by atoms with E-state index in [1.807, 2.05) is 0 Å². The highest BCUT2D eigenvalue weighted by Crippen LogP contribution is 2.25. The lowest BCUT2D eigenvalue weighted by molar-refractivity contribution is -0.380. The molecule has 0 saturated heterocycles. The molecular formula is C20H14N4O6S2. The zero-order chi connectivity index (χ0) is 22.7. The van der Waals surface area contributed by atoms with Crippen LogP contribution in [-0.2, 0) is 14.8 Å². The molecule has 2 heterocycles. The Morgan fingerprint density at radius 3 is 2.53 bits per heavy atom. The number of carbonyl (C=O) groups is 1. The Kier molecular flexibility index (Phi) is 5.71. The zero-order valence-electron chi connectivity index (χ0n) is 16.1. The van der Waals surface area contributed by atoms with Gasteiger partial charge in [0.05, 0.1) is 9.82 Å². The number of hydrogen-bond acceptors (Lipinski definition) is 8. The van der Waals surface area contributed by atoms with E-state index in [0.717, 1.165) is 11.3 Å². The minimum absolute atomic E-state index is 0.0201. The maximum atomic E-state index is 12.6. The molecule has 0 aliphatic rings. The quantitative estimate of drug-likeness (QED) is 0.233. The maximum absolute atomic E-state index is 12.6. The van der Waals surface area contributed by atoms with E-state index in [0.29, 0.717) is 21.7 Å². The number of rotatable bonds is 7. The van der Waals surface area contributed by atoms with Crippen LogP contribution in [0.3, 0.4) is 0 Å². The number of anilines is 2. The van der Waals surface area contributed by atoms with Crippen molar-refractivity contribution in [2.45, 2.75) is 4.90 Å². The van der Waals surface area contributed by atoms with Crippen LogP contribution in [0.15, 0.2) is 76.1 Å². The lowest BCUT2D eigenvalue weighted by Gasteiger charge is -2.06. The van der Waals surface area contributed by atoms with Crippen LogP contribution in [0.2, 0.25) is 0 Å². The first kappa shape index (κ1) is 21.2. The monoisotopic (exact) mass is 470 g/mol. The van der Waals surface area contributed by atoms with E-state index in [1.54, 1.807) is 24.3 Å². The molecule has 4 rings (SSSR count). The Bertz CT molecular complexity index is 1410. The van der Waals surface area contributed by atoms with E-state index in [9.17, 15) is 23.3 Å². The summed E-state index contributed by atoms with van der Waals surface area (Å²) in [7, 11) is -3.94. The van der Waals surface area contributed by atoms with Crippen molar-refractivity contribution < 1.29 is 22.6 Å². The number of thiophene rings is 1. The standard InChI is InChI=1S/C20H14N4O6S2/c25-18(11-7-14-8-12-19(31-14)24(26)27)21-13-5-9-15(10-6-13)32(28,29)23-20-22-16-3-1-2-4-17(16)30-20/h1-12H,(H,21,25)(H,22,23)/b11-7+. The van der Waals surface area contributed by atoms with E-state index in [4.69, 9.17) is 4.42 Å². The first-order valence-corrected chi connectivity index (χ1v) is 11.3. The fourth-order valence-corrected chi connectivity index (χ4v) is 4.33. The molecule has 0 aliphatic carbocycles. The molecule has 2 aromatic heterocycles. The molecule has 162 valence electrons. The van der Waals surface area contributed by atoms with Gasteiger partial charge in [0, 0.05) is 22.7 Å². The van der Waals surface area contributed by atoms with Gasteiger partial charge in [0.15, 0.2) is 5.58 Å². The summed E-state index contributed by atoms with van der Waals surface area (Å²) >= 11 is 0.943. The predicted octanol–water partition coefficient (Wildman–Crippen LogP) is 4.25. The largest absolute Gasteiger partial charge is 0.423 e. The number of para-hydroxylation sites is 2. The fraction of sp³-hybridized carbons (Fsp3) is 0. The van der Waals surface area contributed by atoms with Gasteiger partial charge in [0.2, 0.25) is 5.91 Å². The summed E-state index contributed by atoms with van der Waals surface area (Å²) in [6, 6.07) is 15.1. The number of benzene rings is 2. The van der Waals surface area contributed by atoms with Crippen LogP contribution in [0.1, 0.15) is 4.88 Å². The van der Waals surface area contributed by atoms with Crippen molar-refractivity contribution in [1.29, 1.82) is 0 Å². The van der Waals surface area contributed by atoms with Crippen LogP contribution in [0.4, 0.5) is 16.7 Å². The van der Waals surface area contributed by atoms with Gasteiger partial charge in [0.25, 0.3) is 10.0 Å². The highest BCUT2D eigenvalue weighted by atomic mass is 32.2. The third kappa shape index (κ3) is 4.82. The van der Waals surface area contributed by atoms with Crippen molar-refractivity contribution in [3.63, 3.8) is 0 Å². The number of amides is 1. The Morgan fingerprint density at radius 1 is 1.09 bits per heavy atom. The van der Waals surface area contributed by atoms with Gasteiger partial charge in [-0.2, -0.15) is 4.98 Å². The lowest BCUT2D eigenvalue weighted by atomic mass is 10.3. The normalized spacial score (nSPS) is 11.6. The highest BCUT2D eigenvalue weighted by Gasteiger charge is 2.18. The van der Waals surface area contributed by atoms with Gasteiger partial charge in [-0.1, -0.05) is 23.5 Å². The second kappa shape index (κ2) is 8.61. The molecule has 0 saturated carbocycles. The summed E-state index contributed by atoms with van der Waals surface area (Å²) in [5.74, 6) is -0.471. The Morgan fingerprint density at radius 2 is 1.84 bits per heavy atom. The van der Waals surface area contributed by atoms with Crippen molar-refractivity contribution in [3.05, 3.63) is 81.7 Å². The van der Waals surface area contributed by atoms with E-state index < -0.39 is 20.9 Å². The van der Waals surface area contributed by atoms with Crippen LogP contribution in [-0.4, -0.2) is 24.2 Å². The molecule has 0 radical (unpaired) electrons. The molecule has 0 unspecified atom stereocenters. The number of hydrogen-bond donors (Lipinski definition) is 2. The van der Waals surface area contributed by atoms with Crippen molar-refractivity contribution in [2.75, 3.05) is 10.0 Å². The minimum atomic E-state index is -3.94. The smallest absolute Gasteiger partial charge is 0.324 e. The molecule has 10 nitrogen and oxygen atoms in total. The van der Waals surface area contributed by atoms with Gasteiger partial charge < -0.3 is 9.73 Å². The number of carbonyl (C=O) groups excluding carboxylic acids is 1. The predicted molar refractivity (Wildman–Crippen MR) is 120 cm³/mol. The molecule has 2 N–H and O–H groups in total. The molecule has 12 heteroatoms. The Labute approximate surface area is 185 Å². The number of nitro groups is 1.